The molecule has 2 amide bonds. The molecule has 1 aromatic carbocycles. The SMILES string of the molecule is C\C=C/C(F)=C\C(C)=C\S(=O)(=O)C1(c2cc(N)nc(-c3ccc(NC(=O)NCC(F)F)cc3)n2)CC1. The van der Waals surface area contributed by atoms with E-state index in [9.17, 15) is 26.4 Å². The second-order valence-corrected chi connectivity index (χ2v) is 10.3. The van der Waals surface area contributed by atoms with Gasteiger partial charge in [-0.25, -0.2) is 36.4 Å². The second kappa shape index (κ2) is 10.9. The van der Waals surface area contributed by atoms with Gasteiger partial charge in [0.1, 0.15) is 16.4 Å². The molecule has 1 heterocycles. The molecule has 1 saturated carbocycles. The van der Waals surface area contributed by atoms with Gasteiger partial charge >= 0.3 is 6.03 Å². The van der Waals surface area contributed by atoms with E-state index in [0.29, 0.717) is 24.1 Å². The molecule has 1 aliphatic carbocycles. The van der Waals surface area contributed by atoms with Crippen molar-refractivity contribution in [3.8, 4) is 11.4 Å². The molecule has 12 heteroatoms. The predicted molar refractivity (Wildman–Crippen MR) is 132 cm³/mol. The number of nitrogens with zero attached hydrogens (tertiary/aromatic N) is 2. The molecular weight excluding hydrogens is 495 g/mol. The van der Waals surface area contributed by atoms with Gasteiger partial charge in [0.2, 0.25) is 0 Å². The summed E-state index contributed by atoms with van der Waals surface area (Å²) in [4.78, 5) is 20.3. The fourth-order valence-corrected chi connectivity index (χ4v) is 5.34. The van der Waals surface area contributed by atoms with E-state index in [-0.39, 0.29) is 22.9 Å². The maximum atomic E-state index is 13.8. The number of hydrogen-bond acceptors (Lipinski definition) is 6. The zero-order chi connectivity index (χ0) is 26.5. The summed E-state index contributed by atoms with van der Waals surface area (Å²) in [5.41, 5.74) is 7.28. The van der Waals surface area contributed by atoms with Crippen LogP contribution in [0, 0.1) is 0 Å². The minimum atomic E-state index is -3.86. The summed E-state index contributed by atoms with van der Waals surface area (Å²) in [6, 6.07) is 6.82. The highest BCUT2D eigenvalue weighted by atomic mass is 32.2. The van der Waals surface area contributed by atoms with Crippen LogP contribution in [0.2, 0.25) is 0 Å². The molecule has 2 aromatic rings. The quantitative estimate of drug-likeness (QED) is 0.405. The molecule has 0 saturated heterocycles. The minimum absolute atomic E-state index is 0.0739. The lowest BCUT2D eigenvalue weighted by molar-refractivity contribution is 0.148. The maximum absolute atomic E-state index is 13.8. The summed E-state index contributed by atoms with van der Waals surface area (Å²) >= 11 is 0. The molecule has 0 atom stereocenters. The van der Waals surface area contributed by atoms with Crippen LogP contribution in [0.25, 0.3) is 11.4 Å². The highest BCUT2D eigenvalue weighted by Crippen LogP contribution is 2.53. The minimum Gasteiger partial charge on any atom is -0.384 e. The largest absolute Gasteiger partial charge is 0.384 e. The first-order valence-electron chi connectivity index (χ1n) is 11.0. The van der Waals surface area contributed by atoms with E-state index in [1.54, 1.807) is 19.1 Å². The van der Waals surface area contributed by atoms with E-state index in [1.807, 2.05) is 5.32 Å². The van der Waals surface area contributed by atoms with Crippen LogP contribution in [0.4, 0.5) is 29.5 Å². The number of rotatable bonds is 9. The van der Waals surface area contributed by atoms with Crippen LogP contribution >= 0.6 is 0 Å². The monoisotopic (exact) mass is 521 g/mol. The lowest BCUT2D eigenvalue weighted by Crippen LogP contribution is -2.32. The number of anilines is 2. The van der Waals surface area contributed by atoms with Gasteiger partial charge in [0, 0.05) is 22.7 Å². The molecule has 0 bridgehead atoms. The number of benzene rings is 1. The van der Waals surface area contributed by atoms with Gasteiger partial charge in [-0.1, -0.05) is 6.08 Å². The number of carbonyl (C=O) groups is 1. The summed E-state index contributed by atoms with van der Waals surface area (Å²) in [7, 11) is -3.86. The normalized spacial score (nSPS) is 15.8. The van der Waals surface area contributed by atoms with E-state index >= 15 is 0 Å². The summed E-state index contributed by atoms with van der Waals surface area (Å²) in [6.07, 6.45) is 1.86. The molecule has 1 aromatic heterocycles. The molecule has 192 valence electrons. The lowest BCUT2D eigenvalue weighted by atomic mass is 10.1. The van der Waals surface area contributed by atoms with Gasteiger partial charge in [0.15, 0.2) is 15.7 Å². The van der Waals surface area contributed by atoms with Crippen LogP contribution in [0.1, 0.15) is 32.4 Å². The van der Waals surface area contributed by atoms with Crippen molar-refractivity contribution in [2.75, 3.05) is 17.6 Å². The maximum Gasteiger partial charge on any atom is 0.319 e. The van der Waals surface area contributed by atoms with Crippen LogP contribution < -0.4 is 16.4 Å². The number of allylic oxidation sites excluding steroid dienone is 5. The molecule has 36 heavy (non-hydrogen) atoms. The summed E-state index contributed by atoms with van der Waals surface area (Å²) in [5, 5.41) is 5.49. The number of hydrogen-bond donors (Lipinski definition) is 3. The average molecular weight is 522 g/mol. The number of urea groups is 1. The fraction of sp³-hybridized carbons (Fsp3) is 0.292. The Labute approximate surface area is 207 Å². The Balaban J connectivity index is 1.85. The third-order valence-electron chi connectivity index (χ3n) is 5.31. The Morgan fingerprint density at radius 3 is 2.47 bits per heavy atom. The van der Waals surface area contributed by atoms with Crippen molar-refractivity contribution < 1.29 is 26.4 Å². The van der Waals surface area contributed by atoms with Crippen molar-refractivity contribution in [2.45, 2.75) is 37.9 Å². The Bertz CT molecular complexity index is 1320. The predicted octanol–water partition coefficient (Wildman–Crippen LogP) is 4.85. The van der Waals surface area contributed by atoms with Gasteiger partial charge in [-0.2, -0.15) is 0 Å². The van der Waals surface area contributed by atoms with Crippen molar-refractivity contribution in [1.82, 2.24) is 15.3 Å². The van der Waals surface area contributed by atoms with Crippen molar-refractivity contribution in [3.05, 3.63) is 71.1 Å². The van der Waals surface area contributed by atoms with Gasteiger partial charge in [-0.05, 0) is 68.7 Å². The average Bonchev–Trinajstić information content (AvgIpc) is 3.60. The molecule has 4 N–H and O–H groups in total. The van der Waals surface area contributed by atoms with Gasteiger partial charge in [0.25, 0.3) is 6.43 Å². The summed E-state index contributed by atoms with van der Waals surface area (Å²) in [5.74, 6) is -0.311. The Hall–Kier alpha value is -3.67. The number of nitrogens with two attached hydrogens (primary N) is 1. The number of nitrogen functional groups attached to an aromatic ring is 1. The molecule has 0 radical (unpaired) electrons. The van der Waals surface area contributed by atoms with E-state index in [0.717, 1.165) is 11.5 Å². The number of carbonyl (C=O) groups excluding carboxylic acids is 1. The number of sulfone groups is 1. The zero-order valence-electron chi connectivity index (χ0n) is 19.6. The van der Waals surface area contributed by atoms with E-state index < -0.39 is 39.4 Å². The number of alkyl halides is 2. The van der Waals surface area contributed by atoms with Gasteiger partial charge in [0.05, 0.1) is 12.2 Å². The van der Waals surface area contributed by atoms with E-state index in [1.165, 1.54) is 37.3 Å². The van der Waals surface area contributed by atoms with Crippen LogP contribution in [0.15, 0.2) is 65.4 Å². The number of halogens is 3. The first-order valence-corrected chi connectivity index (χ1v) is 12.5. The second-order valence-electron chi connectivity index (χ2n) is 8.24. The Kier molecular flexibility index (Phi) is 8.18. The third-order valence-corrected chi connectivity index (χ3v) is 7.70. The first kappa shape index (κ1) is 26.9. The molecular formula is C24H26F3N5O3S. The van der Waals surface area contributed by atoms with Gasteiger partial charge in [-0.15, -0.1) is 0 Å². The molecule has 0 spiro atoms. The van der Waals surface area contributed by atoms with E-state index in [4.69, 9.17) is 5.73 Å². The fourth-order valence-electron chi connectivity index (χ4n) is 3.49. The topological polar surface area (TPSA) is 127 Å². The molecule has 1 fully saturated rings. The molecule has 0 aliphatic heterocycles. The number of nitrogens with one attached hydrogen (secondary N) is 2. The third kappa shape index (κ3) is 6.51. The van der Waals surface area contributed by atoms with Crippen molar-refractivity contribution in [2.24, 2.45) is 0 Å². The molecule has 3 rings (SSSR count). The number of amides is 2. The molecule has 0 unspecified atom stereocenters. The lowest BCUT2D eigenvalue weighted by Gasteiger charge is -2.15. The van der Waals surface area contributed by atoms with Crippen LogP contribution in [0.5, 0.6) is 0 Å². The Morgan fingerprint density at radius 2 is 1.89 bits per heavy atom. The summed E-state index contributed by atoms with van der Waals surface area (Å²) < 4.78 is 63.4. The Morgan fingerprint density at radius 1 is 1.22 bits per heavy atom. The summed E-state index contributed by atoms with van der Waals surface area (Å²) in [6.45, 7) is 2.38. The van der Waals surface area contributed by atoms with Crippen molar-refractivity contribution >= 4 is 27.4 Å². The van der Waals surface area contributed by atoms with Crippen LogP contribution in [-0.2, 0) is 14.6 Å². The zero-order valence-corrected chi connectivity index (χ0v) is 20.4. The van der Waals surface area contributed by atoms with Crippen LogP contribution in [-0.4, -0.2) is 37.4 Å². The van der Waals surface area contributed by atoms with E-state index in [2.05, 4.69) is 15.3 Å². The molecule has 8 nitrogen and oxygen atoms in total. The van der Waals surface area contributed by atoms with Gasteiger partial charge < -0.3 is 16.4 Å². The van der Waals surface area contributed by atoms with Crippen molar-refractivity contribution in [3.63, 3.8) is 0 Å². The smallest absolute Gasteiger partial charge is 0.319 e. The van der Waals surface area contributed by atoms with Crippen LogP contribution in [0.3, 0.4) is 0 Å². The highest BCUT2D eigenvalue weighted by Gasteiger charge is 2.56. The highest BCUT2D eigenvalue weighted by molar-refractivity contribution is 7.95. The van der Waals surface area contributed by atoms with Gasteiger partial charge in [-0.3, -0.25) is 0 Å². The van der Waals surface area contributed by atoms with Crippen molar-refractivity contribution in [1.29, 1.82) is 0 Å². The molecule has 1 aliphatic rings. The standard InChI is InChI=1S/C24H26F3N5O3S/c1-3-4-17(25)11-15(2)14-36(34,35)24(9-10-24)19-12-21(28)32-22(31-19)16-5-7-18(8-6-16)30-23(33)29-13-20(26)27/h3-8,11-12,14,20H,9-10,13H2,1-2H3,(H2,28,31,32)(H2,29,30,33)/b4-3-,15-14+,17-11+. The number of aromatic nitrogens is 2. The first-order chi connectivity index (χ1) is 17.0.